The van der Waals surface area contributed by atoms with Gasteiger partial charge in [0.05, 0.1) is 16.4 Å². The van der Waals surface area contributed by atoms with E-state index >= 15 is 0 Å². The van der Waals surface area contributed by atoms with Gasteiger partial charge < -0.3 is 0 Å². The second-order valence-corrected chi connectivity index (χ2v) is 8.22. The molecule has 1 saturated heterocycles. The van der Waals surface area contributed by atoms with Gasteiger partial charge in [-0.25, -0.2) is 8.42 Å². The third kappa shape index (κ3) is 2.95. The van der Waals surface area contributed by atoms with Crippen LogP contribution in [-0.4, -0.2) is 25.8 Å². The Morgan fingerprint density at radius 3 is 2.12 bits per heavy atom. The number of piperidine rings is 1. The molecule has 0 aromatic heterocycles. The maximum absolute atomic E-state index is 12.8. The standard InChI is InChI=1S/C19H20N2O2S/c1-16-7-9-18(10-8-16)24(22,23)21-13-11-19(15-20,12-14-21)17-5-3-2-4-6-17/h2-10H,11-14H2,1H3. The van der Waals surface area contributed by atoms with Crippen LogP contribution in [0.3, 0.4) is 0 Å². The van der Waals surface area contributed by atoms with Crippen LogP contribution in [0.25, 0.3) is 0 Å². The molecule has 0 N–H and O–H groups in total. The molecule has 24 heavy (non-hydrogen) atoms. The minimum Gasteiger partial charge on any atom is -0.207 e. The zero-order valence-electron chi connectivity index (χ0n) is 13.6. The van der Waals surface area contributed by atoms with E-state index in [4.69, 9.17) is 0 Å². The van der Waals surface area contributed by atoms with Crippen molar-refractivity contribution >= 4 is 10.0 Å². The third-order valence-corrected chi connectivity index (χ3v) is 6.69. The smallest absolute Gasteiger partial charge is 0.207 e. The van der Waals surface area contributed by atoms with Crippen LogP contribution in [0.4, 0.5) is 0 Å². The van der Waals surface area contributed by atoms with Crippen molar-refractivity contribution < 1.29 is 8.42 Å². The SMILES string of the molecule is Cc1ccc(S(=O)(=O)N2CCC(C#N)(c3ccccc3)CC2)cc1. The van der Waals surface area contributed by atoms with Gasteiger partial charge in [0, 0.05) is 13.1 Å². The second-order valence-electron chi connectivity index (χ2n) is 6.28. The molecule has 0 amide bonds. The van der Waals surface area contributed by atoms with Gasteiger partial charge in [0.15, 0.2) is 0 Å². The summed E-state index contributed by atoms with van der Waals surface area (Å²) < 4.78 is 27.1. The molecule has 1 aliphatic rings. The third-order valence-electron chi connectivity index (χ3n) is 4.78. The lowest BCUT2D eigenvalue weighted by Crippen LogP contribution is -2.44. The fourth-order valence-electron chi connectivity index (χ4n) is 3.19. The molecule has 124 valence electrons. The van der Waals surface area contributed by atoms with Gasteiger partial charge in [-0.1, -0.05) is 48.0 Å². The van der Waals surface area contributed by atoms with Crippen LogP contribution in [0, 0.1) is 18.3 Å². The minimum absolute atomic E-state index is 0.317. The van der Waals surface area contributed by atoms with E-state index < -0.39 is 15.4 Å². The van der Waals surface area contributed by atoms with Crippen LogP contribution in [-0.2, 0) is 15.4 Å². The van der Waals surface area contributed by atoms with Crippen LogP contribution >= 0.6 is 0 Å². The largest absolute Gasteiger partial charge is 0.243 e. The number of rotatable bonds is 3. The normalized spacial score (nSPS) is 18.0. The maximum atomic E-state index is 12.8. The van der Waals surface area contributed by atoms with Gasteiger partial charge in [0.2, 0.25) is 10.0 Å². The lowest BCUT2D eigenvalue weighted by atomic mass is 9.74. The molecule has 3 rings (SSSR count). The second kappa shape index (κ2) is 6.39. The highest BCUT2D eigenvalue weighted by atomic mass is 32.2. The lowest BCUT2D eigenvalue weighted by molar-refractivity contribution is 0.277. The molecule has 0 spiro atoms. The number of nitrogens with zero attached hydrogens (tertiary/aromatic N) is 2. The van der Waals surface area contributed by atoms with Crippen molar-refractivity contribution in [2.24, 2.45) is 0 Å². The molecule has 4 nitrogen and oxygen atoms in total. The van der Waals surface area contributed by atoms with Gasteiger partial charge in [0.25, 0.3) is 0 Å². The van der Waals surface area contributed by atoms with Crippen LogP contribution < -0.4 is 0 Å². The van der Waals surface area contributed by atoms with Crippen molar-refractivity contribution in [1.82, 2.24) is 4.31 Å². The van der Waals surface area contributed by atoms with E-state index in [1.807, 2.05) is 37.3 Å². The summed E-state index contributed by atoms with van der Waals surface area (Å²) in [5.74, 6) is 0. The lowest BCUT2D eigenvalue weighted by Gasteiger charge is -2.36. The molecular formula is C19H20N2O2S. The molecule has 0 bridgehead atoms. The highest BCUT2D eigenvalue weighted by molar-refractivity contribution is 7.89. The van der Waals surface area contributed by atoms with Gasteiger partial charge in [-0.05, 0) is 37.5 Å². The van der Waals surface area contributed by atoms with Gasteiger partial charge in [-0.3, -0.25) is 0 Å². The fraction of sp³-hybridized carbons (Fsp3) is 0.316. The Labute approximate surface area is 143 Å². The van der Waals surface area contributed by atoms with Crippen molar-refractivity contribution in [2.75, 3.05) is 13.1 Å². The minimum atomic E-state index is -3.50. The summed E-state index contributed by atoms with van der Waals surface area (Å²) in [7, 11) is -3.50. The Kier molecular flexibility index (Phi) is 4.44. The summed E-state index contributed by atoms with van der Waals surface area (Å²) in [5.41, 5.74) is 1.40. The first-order valence-electron chi connectivity index (χ1n) is 8.02. The topological polar surface area (TPSA) is 61.2 Å². The summed E-state index contributed by atoms with van der Waals surface area (Å²) in [6.07, 6.45) is 1.03. The molecule has 1 aliphatic heterocycles. The molecule has 0 aliphatic carbocycles. The van der Waals surface area contributed by atoms with Crippen LogP contribution in [0.5, 0.6) is 0 Å². The monoisotopic (exact) mass is 340 g/mol. The number of hydrogen-bond acceptors (Lipinski definition) is 3. The maximum Gasteiger partial charge on any atom is 0.243 e. The van der Waals surface area contributed by atoms with E-state index in [1.54, 1.807) is 24.3 Å². The van der Waals surface area contributed by atoms with Crippen molar-refractivity contribution in [3.8, 4) is 6.07 Å². The molecule has 0 unspecified atom stereocenters. The first-order chi connectivity index (χ1) is 11.5. The number of benzene rings is 2. The van der Waals surface area contributed by atoms with E-state index in [0.717, 1.165) is 11.1 Å². The van der Waals surface area contributed by atoms with E-state index in [0.29, 0.717) is 30.8 Å². The van der Waals surface area contributed by atoms with Gasteiger partial charge >= 0.3 is 0 Å². The molecule has 1 fully saturated rings. The van der Waals surface area contributed by atoms with Gasteiger partial charge in [-0.2, -0.15) is 9.57 Å². The molecular weight excluding hydrogens is 320 g/mol. The molecule has 2 aromatic rings. The number of aryl methyl sites for hydroxylation is 1. The zero-order chi connectivity index (χ0) is 17.2. The Bertz CT molecular complexity index is 844. The van der Waals surface area contributed by atoms with Crippen LogP contribution in [0.15, 0.2) is 59.5 Å². The van der Waals surface area contributed by atoms with Crippen molar-refractivity contribution in [3.05, 3.63) is 65.7 Å². The molecule has 1 heterocycles. The van der Waals surface area contributed by atoms with Gasteiger partial charge in [-0.15, -0.1) is 0 Å². The Hall–Kier alpha value is -2.16. The molecule has 5 heteroatoms. The zero-order valence-corrected chi connectivity index (χ0v) is 14.5. The Balaban J connectivity index is 1.82. The fourth-order valence-corrected chi connectivity index (χ4v) is 4.63. The van der Waals surface area contributed by atoms with E-state index in [2.05, 4.69) is 6.07 Å². The van der Waals surface area contributed by atoms with E-state index in [9.17, 15) is 13.7 Å². The highest BCUT2D eigenvalue weighted by Gasteiger charge is 2.39. The first-order valence-corrected chi connectivity index (χ1v) is 9.46. The number of nitriles is 1. The number of hydrogen-bond donors (Lipinski definition) is 0. The average Bonchev–Trinajstić information content (AvgIpc) is 2.63. The highest BCUT2D eigenvalue weighted by Crippen LogP contribution is 2.36. The first kappa shape index (κ1) is 16.7. The van der Waals surface area contributed by atoms with Crippen molar-refractivity contribution in [3.63, 3.8) is 0 Å². The summed E-state index contributed by atoms with van der Waals surface area (Å²) in [6.45, 7) is 2.65. The average molecular weight is 340 g/mol. The van der Waals surface area contributed by atoms with Crippen molar-refractivity contribution in [1.29, 1.82) is 5.26 Å². The molecule has 2 aromatic carbocycles. The van der Waals surface area contributed by atoms with Crippen LogP contribution in [0.1, 0.15) is 24.0 Å². The molecule has 0 radical (unpaired) electrons. The summed E-state index contributed by atoms with van der Waals surface area (Å²) in [4.78, 5) is 0.317. The van der Waals surface area contributed by atoms with E-state index in [-0.39, 0.29) is 0 Å². The van der Waals surface area contributed by atoms with Crippen LogP contribution in [0.2, 0.25) is 0 Å². The predicted molar refractivity (Wildman–Crippen MR) is 92.9 cm³/mol. The van der Waals surface area contributed by atoms with Crippen molar-refractivity contribution in [2.45, 2.75) is 30.1 Å². The van der Waals surface area contributed by atoms with E-state index in [1.165, 1.54) is 4.31 Å². The summed E-state index contributed by atoms with van der Waals surface area (Å²) >= 11 is 0. The van der Waals surface area contributed by atoms with Gasteiger partial charge in [0.1, 0.15) is 0 Å². The predicted octanol–water partition coefficient (Wildman–Crippen LogP) is 3.24. The molecule has 0 atom stereocenters. The quantitative estimate of drug-likeness (QED) is 0.862. The Morgan fingerprint density at radius 2 is 1.58 bits per heavy atom. The number of sulfonamides is 1. The summed E-state index contributed by atoms with van der Waals surface area (Å²) in [5, 5.41) is 9.71. The molecule has 0 saturated carbocycles. The Morgan fingerprint density at radius 1 is 1.00 bits per heavy atom. The summed E-state index contributed by atoms with van der Waals surface area (Å²) in [6, 6.07) is 19.0.